The Balaban J connectivity index is 1.50. The van der Waals surface area contributed by atoms with E-state index in [4.69, 9.17) is 0 Å². The number of aromatic hydroxyl groups is 1. The molecule has 0 aliphatic rings. The van der Waals surface area contributed by atoms with Gasteiger partial charge in [-0.1, -0.05) is 0 Å². The Labute approximate surface area is 161 Å². The predicted octanol–water partition coefficient (Wildman–Crippen LogP) is 5.13. The van der Waals surface area contributed by atoms with Crippen LogP contribution in [0.2, 0.25) is 0 Å². The van der Waals surface area contributed by atoms with Crippen LogP contribution in [-0.4, -0.2) is 21.0 Å². The van der Waals surface area contributed by atoms with Crippen molar-refractivity contribution in [3.8, 4) is 16.5 Å². The molecule has 1 amide bonds. The van der Waals surface area contributed by atoms with Crippen molar-refractivity contribution in [3.05, 3.63) is 65.2 Å². The Morgan fingerprint density at radius 3 is 2.68 bits per heavy atom. The molecule has 4 rings (SSSR count). The number of azo groups is 1. The summed E-state index contributed by atoms with van der Waals surface area (Å²) >= 11 is 1.33. The largest absolute Gasteiger partial charge is 0.493 e. The van der Waals surface area contributed by atoms with Gasteiger partial charge in [-0.15, -0.1) is 21.6 Å². The van der Waals surface area contributed by atoms with E-state index in [1.54, 1.807) is 17.5 Å². The molecule has 0 fully saturated rings. The van der Waals surface area contributed by atoms with Crippen molar-refractivity contribution >= 4 is 33.8 Å². The van der Waals surface area contributed by atoms with Gasteiger partial charge in [-0.25, -0.2) is 13.8 Å². The summed E-state index contributed by atoms with van der Waals surface area (Å²) in [6, 6.07) is 9.79. The number of hydrogen-bond acceptors (Lipinski definition) is 5. The maximum absolute atomic E-state index is 13.4. The zero-order valence-electron chi connectivity index (χ0n) is 14.2. The standard InChI is InChI=1S/C19H12F2N4O2S/c20-11-3-1-10(2-4-11)19-22-13(9-28-19)8-16(26)24-25-17-14-7-12(21)5-6-15(14)23-18(17)27/h1-7,9,23,27H,8H2. The van der Waals surface area contributed by atoms with Gasteiger partial charge in [0.25, 0.3) is 5.91 Å². The number of hydrogen-bond donors (Lipinski definition) is 2. The molecule has 2 N–H and O–H groups in total. The summed E-state index contributed by atoms with van der Waals surface area (Å²) in [5.41, 5.74) is 1.72. The first-order valence-corrected chi connectivity index (χ1v) is 9.02. The highest BCUT2D eigenvalue weighted by atomic mass is 32.1. The Bertz CT molecular complexity index is 1200. The fourth-order valence-electron chi connectivity index (χ4n) is 2.65. The number of nitrogens with zero attached hydrogens (tertiary/aromatic N) is 3. The molecule has 140 valence electrons. The summed E-state index contributed by atoms with van der Waals surface area (Å²) in [4.78, 5) is 19.1. The van der Waals surface area contributed by atoms with E-state index < -0.39 is 11.7 Å². The molecule has 0 radical (unpaired) electrons. The molecule has 2 aromatic heterocycles. The maximum atomic E-state index is 13.4. The lowest BCUT2D eigenvalue weighted by Gasteiger charge is -1.95. The van der Waals surface area contributed by atoms with Crippen LogP contribution in [-0.2, 0) is 11.2 Å². The van der Waals surface area contributed by atoms with Gasteiger partial charge in [-0.2, -0.15) is 0 Å². The van der Waals surface area contributed by atoms with Gasteiger partial charge in [0, 0.05) is 16.3 Å². The molecule has 0 saturated carbocycles. The molecule has 6 nitrogen and oxygen atoms in total. The molecule has 2 heterocycles. The second-order valence-corrected chi connectivity index (χ2v) is 6.79. The number of aromatic nitrogens is 2. The third kappa shape index (κ3) is 3.65. The molecule has 0 bridgehead atoms. The average Bonchev–Trinajstić information content (AvgIpc) is 3.24. The number of nitrogens with one attached hydrogen (secondary N) is 1. The fourth-order valence-corrected chi connectivity index (χ4v) is 3.47. The van der Waals surface area contributed by atoms with Gasteiger partial charge in [-0.05, 0) is 42.5 Å². The van der Waals surface area contributed by atoms with E-state index in [1.165, 1.54) is 41.7 Å². The van der Waals surface area contributed by atoms with E-state index in [-0.39, 0.29) is 23.8 Å². The lowest BCUT2D eigenvalue weighted by molar-refractivity contribution is -0.117. The van der Waals surface area contributed by atoms with Crippen LogP contribution in [0.1, 0.15) is 5.69 Å². The van der Waals surface area contributed by atoms with E-state index in [1.807, 2.05) is 0 Å². The number of fused-ring (bicyclic) bond motifs is 1. The molecule has 9 heteroatoms. The average molecular weight is 398 g/mol. The Kier molecular flexibility index (Phi) is 4.66. The molecular formula is C19H12F2N4O2S. The molecule has 2 aromatic carbocycles. The van der Waals surface area contributed by atoms with Crippen LogP contribution in [0.5, 0.6) is 5.88 Å². The van der Waals surface area contributed by atoms with Crippen LogP contribution in [0.4, 0.5) is 14.5 Å². The minimum Gasteiger partial charge on any atom is -0.493 e. The first kappa shape index (κ1) is 17.9. The fraction of sp³-hybridized carbons (Fsp3) is 0.0526. The van der Waals surface area contributed by atoms with Gasteiger partial charge < -0.3 is 10.1 Å². The van der Waals surface area contributed by atoms with E-state index in [2.05, 4.69) is 20.2 Å². The number of carbonyl (C=O) groups is 1. The molecule has 0 aliphatic carbocycles. The van der Waals surface area contributed by atoms with Crippen molar-refractivity contribution in [2.75, 3.05) is 0 Å². The summed E-state index contributed by atoms with van der Waals surface area (Å²) in [6.07, 6.45) is -0.0846. The molecule has 0 unspecified atom stereocenters. The monoisotopic (exact) mass is 398 g/mol. The number of amides is 1. The van der Waals surface area contributed by atoms with Gasteiger partial charge in [0.1, 0.15) is 16.6 Å². The second-order valence-electron chi connectivity index (χ2n) is 5.93. The molecule has 0 spiro atoms. The molecule has 0 aliphatic heterocycles. The zero-order valence-corrected chi connectivity index (χ0v) is 15.0. The minimum atomic E-state index is -0.568. The molecule has 0 atom stereocenters. The minimum absolute atomic E-state index is 0.00636. The first-order chi connectivity index (χ1) is 13.5. The molecular weight excluding hydrogens is 386 g/mol. The maximum Gasteiger partial charge on any atom is 0.270 e. The normalized spacial score (nSPS) is 11.5. The summed E-state index contributed by atoms with van der Waals surface area (Å²) in [6.45, 7) is 0. The van der Waals surface area contributed by atoms with Crippen molar-refractivity contribution < 1.29 is 18.7 Å². The summed E-state index contributed by atoms with van der Waals surface area (Å²) in [5.74, 6) is -1.70. The summed E-state index contributed by atoms with van der Waals surface area (Å²) in [7, 11) is 0. The molecule has 0 saturated heterocycles. The smallest absolute Gasteiger partial charge is 0.270 e. The highest BCUT2D eigenvalue weighted by Crippen LogP contribution is 2.35. The van der Waals surface area contributed by atoms with Gasteiger partial charge in [0.15, 0.2) is 5.69 Å². The van der Waals surface area contributed by atoms with Crippen molar-refractivity contribution in [3.63, 3.8) is 0 Å². The molecule has 4 aromatic rings. The van der Waals surface area contributed by atoms with Crippen LogP contribution >= 0.6 is 11.3 Å². The highest BCUT2D eigenvalue weighted by Gasteiger charge is 2.13. The van der Waals surface area contributed by atoms with Gasteiger partial charge >= 0.3 is 0 Å². The first-order valence-electron chi connectivity index (χ1n) is 8.15. The number of aromatic amines is 1. The third-order valence-electron chi connectivity index (χ3n) is 3.95. The Morgan fingerprint density at radius 1 is 1.14 bits per heavy atom. The van der Waals surface area contributed by atoms with Gasteiger partial charge in [-0.3, -0.25) is 4.79 Å². The van der Waals surface area contributed by atoms with Crippen molar-refractivity contribution in [2.24, 2.45) is 10.2 Å². The highest BCUT2D eigenvalue weighted by molar-refractivity contribution is 7.13. The van der Waals surface area contributed by atoms with Crippen molar-refractivity contribution in [2.45, 2.75) is 6.42 Å². The topological polar surface area (TPSA) is 90.7 Å². The lowest BCUT2D eigenvalue weighted by atomic mass is 10.2. The van der Waals surface area contributed by atoms with Crippen LogP contribution in [0.25, 0.3) is 21.5 Å². The van der Waals surface area contributed by atoms with Crippen LogP contribution < -0.4 is 0 Å². The summed E-state index contributed by atoms with van der Waals surface area (Å²) in [5, 5.41) is 19.9. The van der Waals surface area contributed by atoms with Gasteiger partial charge in [0.05, 0.1) is 17.6 Å². The van der Waals surface area contributed by atoms with Crippen LogP contribution in [0.15, 0.2) is 58.1 Å². The summed E-state index contributed by atoms with van der Waals surface area (Å²) < 4.78 is 26.4. The second kappa shape index (κ2) is 7.28. The number of thiazole rings is 1. The number of benzene rings is 2. The van der Waals surface area contributed by atoms with Crippen LogP contribution in [0, 0.1) is 11.6 Å². The third-order valence-corrected chi connectivity index (χ3v) is 4.89. The molecule has 28 heavy (non-hydrogen) atoms. The van der Waals surface area contributed by atoms with Crippen LogP contribution in [0.3, 0.4) is 0 Å². The number of rotatable bonds is 4. The SMILES string of the molecule is O=C(Cc1csc(-c2ccc(F)cc2)n1)N=Nc1c(O)[nH]c2ccc(F)cc12. The van der Waals surface area contributed by atoms with Crippen molar-refractivity contribution in [1.82, 2.24) is 9.97 Å². The number of halogens is 2. The zero-order chi connectivity index (χ0) is 19.7. The van der Waals surface area contributed by atoms with E-state index in [9.17, 15) is 18.7 Å². The van der Waals surface area contributed by atoms with E-state index >= 15 is 0 Å². The lowest BCUT2D eigenvalue weighted by Crippen LogP contribution is -1.98. The number of carbonyl (C=O) groups excluding carboxylic acids is 1. The Morgan fingerprint density at radius 2 is 1.89 bits per heavy atom. The quantitative estimate of drug-likeness (QED) is 0.467. The van der Waals surface area contributed by atoms with Gasteiger partial charge in [0.2, 0.25) is 5.88 Å². The van der Waals surface area contributed by atoms with Crippen molar-refractivity contribution in [1.29, 1.82) is 0 Å². The van der Waals surface area contributed by atoms with E-state index in [0.717, 1.165) is 5.56 Å². The number of H-pyrrole nitrogens is 1. The van der Waals surface area contributed by atoms with E-state index in [0.29, 0.717) is 21.6 Å². The Hall–Kier alpha value is -3.46. The predicted molar refractivity (Wildman–Crippen MR) is 101 cm³/mol.